The minimum atomic E-state index is -0.155. The minimum Gasteiger partial charge on any atom is -0.484 e. The molecule has 0 saturated carbocycles. The molecule has 0 radical (unpaired) electrons. The first-order valence-corrected chi connectivity index (χ1v) is 13.6. The summed E-state index contributed by atoms with van der Waals surface area (Å²) in [6.45, 7) is 9.47. The fourth-order valence-electron chi connectivity index (χ4n) is 4.14. The van der Waals surface area contributed by atoms with Gasteiger partial charge in [0.2, 0.25) is 0 Å². The lowest BCUT2D eigenvalue weighted by molar-refractivity contribution is -0.123. The molecule has 4 rings (SSSR count). The second kappa shape index (κ2) is 12.2. The predicted molar refractivity (Wildman–Crippen MR) is 141 cm³/mol. The molecular formula is C26H36N6O2S. The van der Waals surface area contributed by atoms with E-state index in [9.17, 15) is 4.79 Å². The van der Waals surface area contributed by atoms with E-state index >= 15 is 0 Å². The molecule has 1 aliphatic rings. The quantitative estimate of drug-likeness (QED) is 0.306. The Labute approximate surface area is 211 Å². The van der Waals surface area contributed by atoms with E-state index in [0.717, 1.165) is 47.3 Å². The molecule has 188 valence electrons. The Kier molecular flexibility index (Phi) is 8.84. The maximum Gasteiger partial charge on any atom is 0.258 e. The average Bonchev–Trinajstić information content (AvgIpc) is 3.29. The molecule has 0 unspecified atom stereocenters. The number of hydrogen-bond acceptors (Lipinski definition) is 7. The van der Waals surface area contributed by atoms with Gasteiger partial charge in [-0.1, -0.05) is 44.7 Å². The van der Waals surface area contributed by atoms with Gasteiger partial charge in [0.05, 0.1) is 18.1 Å². The van der Waals surface area contributed by atoms with Gasteiger partial charge in [0.15, 0.2) is 17.4 Å². The van der Waals surface area contributed by atoms with Crippen molar-refractivity contribution in [2.45, 2.75) is 64.1 Å². The lowest BCUT2D eigenvalue weighted by Crippen LogP contribution is -2.32. The van der Waals surface area contributed by atoms with E-state index in [1.807, 2.05) is 35.1 Å². The fraction of sp³-hybridized carbons (Fsp3) is 0.538. The molecular weight excluding hydrogens is 460 g/mol. The van der Waals surface area contributed by atoms with Crippen LogP contribution in [-0.4, -0.2) is 57.6 Å². The summed E-state index contributed by atoms with van der Waals surface area (Å²) in [6, 6.07) is 7.89. The summed E-state index contributed by atoms with van der Waals surface area (Å²) in [4.78, 5) is 24.4. The van der Waals surface area contributed by atoms with Crippen molar-refractivity contribution in [2.24, 2.45) is 0 Å². The van der Waals surface area contributed by atoms with Crippen molar-refractivity contribution in [3.8, 4) is 5.75 Å². The first-order chi connectivity index (χ1) is 17.0. The number of nitrogens with one attached hydrogen (secondary N) is 1. The molecule has 9 heteroatoms. The number of amides is 1. The largest absolute Gasteiger partial charge is 0.484 e. The molecule has 0 bridgehead atoms. The second-order valence-electron chi connectivity index (χ2n) is 9.19. The van der Waals surface area contributed by atoms with E-state index in [1.165, 1.54) is 24.8 Å². The van der Waals surface area contributed by atoms with E-state index in [0.29, 0.717) is 24.8 Å². The van der Waals surface area contributed by atoms with Crippen LogP contribution in [0.1, 0.15) is 57.9 Å². The fourth-order valence-corrected chi connectivity index (χ4v) is 4.83. The third-order valence-corrected chi connectivity index (χ3v) is 7.16. The summed E-state index contributed by atoms with van der Waals surface area (Å²) in [5.74, 6) is 2.97. The summed E-state index contributed by atoms with van der Waals surface area (Å²) >= 11 is 1.68. The second-order valence-corrected chi connectivity index (χ2v) is 10.3. The zero-order chi connectivity index (χ0) is 24.6. The van der Waals surface area contributed by atoms with Gasteiger partial charge in [0, 0.05) is 25.4 Å². The number of carbonyl (C=O) groups excluding carboxylic acids is 1. The van der Waals surface area contributed by atoms with Crippen LogP contribution in [0.15, 0.2) is 35.6 Å². The van der Waals surface area contributed by atoms with E-state index in [-0.39, 0.29) is 12.5 Å². The van der Waals surface area contributed by atoms with Gasteiger partial charge in [-0.3, -0.25) is 4.79 Å². The van der Waals surface area contributed by atoms with Crippen molar-refractivity contribution in [3.05, 3.63) is 36.0 Å². The smallest absolute Gasteiger partial charge is 0.258 e. The number of fused-ring (bicyclic) bond motifs is 1. The van der Waals surface area contributed by atoms with Crippen LogP contribution >= 0.6 is 11.8 Å². The molecule has 35 heavy (non-hydrogen) atoms. The van der Waals surface area contributed by atoms with Gasteiger partial charge in [-0.05, 0) is 49.3 Å². The Hall–Kier alpha value is -2.81. The molecule has 2 aromatic heterocycles. The number of benzene rings is 1. The highest BCUT2D eigenvalue weighted by Gasteiger charge is 2.20. The summed E-state index contributed by atoms with van der Waals surface area (Å²) in [5.41, 5.74) is 2.08. The van der Waals surface area contributed by atoms with Crippen LogP contribution < -0.4 is 15.0 Å². The lowest BCUT2D eigenvalue weighted by Gasteiger charge is -2.28. The van der Waals surface area contributed by atoms with Crippen LogP contribution in [0.25, 0.3) is 11.0 Å². The summed E-state index contributed by atoms with van der Waals surface area (Å²) in [5, 5.41) is 9.28. The van der Waals surface area contributed by atoms with Crippen molar-refractivity contribution in [3.63, 3.8) is 0 Å². The summed E-state index contributed by atoms with van der Waals surface area (Å²) in [6.07, 6.45) is 6.58. The maximum absolute atomic E-state index is 12.3. The predicted octanol–water partition coefficient (Wildman–Crippen LogP) is 4.64. The molecule has 0 aliphatic carbocycles. The highest BCUT2D eigenvalue weighted by atomic mass is 32.2. The van der Waals surface area contributed by atoms with Crippen LogP contribution in [-0.2, 0) is 11.3 Å². The molecule has 0 atom stereocenters. The van der Waals surface area contributed by atoms with Crippen LogP contribution in [0.4, 0.5) is 5.82 Å². The molecule has 0 spiro atoms. The highest BCUT2D eigenvalue weighted by molar-refractivity contribution is 7.99. The number of aromatic nitrogens is 4. The van der Waals surface area contributed by atoms with Gasteiger partial charge in [-0.15, -0.1) is 0 Å². The SMILES string of the molecule is CCCSc1nc(N2CCCCC2)c2cnn(CCNC(=O)COc3ccc(C(C)C)cc3)c2n1. The van der Waals surface area contributed by atoms with E-state index in [1.54, 1.807) is 11.8 Å². The Morgan fingerprint density at radius 2 is 1.91 bits per heavy atom. The molecule has 1 amide bonds. The normalized spacial score (nSPS) is 14.0. The Bertz CT molecular complexity index is 1110. The monoisotopic (exact) mass is 496 g/mol. The first-order valence-electron chi connectivity index (χ1n) is 12.7. The van der Waals surface area contributed by atoms with Gasteiger partial charge in [-0.25, -0.2) is 14.6 Å². The zero-order valence-corrected chi connectivity index (χ0v) is 21.8. The third-order valence-electron chi connectivity index (χ3n) is 6.11. The number of piperidine rings is 1. The van der Waals surface area contributed by atoms with Gasteiger partial charge >= 0.3 is 0 Å². The topological polar surface area (TPSA) is 85.2 Å². The number of thioether (sulfide) groups is 1. The lowest BCUT2D eigenvalue weighted by atomic mass is 10.0. The molecule has 1 aromatic carbocycles. The Balaban J connectivity index is 1.37. The summed E-state index contributed by atoms with van der Waals surface area (Å²) in [7, 11) is 0. The first kappa shape index (κ1) is 25.3. The minimum absolute atomic E-state index is 0.0139. The standard InChI is InChI=1S/C26H36N6O2S/c1-4-16-35-26-29-24(31-13-6-5-7-14-31)22-17-28-32(25(22)30-26)15-12-27-23(33)18-34-21-10-8-20(9-11-21)19(2)3/h8-11,17,19H,4-7,12-16,18H2,1-3H3,(H,27,33). The number of carbonyl (C=O) groups is 1. The molecule has 3 heterocycles. The van der Waals surface area contributed by atoms with Gasteiger partial charge < -0.3 is 15.0 Å². The highest BCUT2D eigenvalue weighted by Crippen LogP contribution is 2.29. The Morgan fingerprint density at radius 1 is 1.14 bits per heavy atom. The third kappa shape index (κ3) is 6.66. The number of hydrogen-bond donors (Lipinski definition) is 1. The van der Waals surface area contributed by atoms with E-state index in [2.05, 4.69) is 36.1 Å². The number of anilines is 1. The Morgan fingerprint density at radius 3 is 2.63 bits per heavy atom. The molecule has 3 aromatic rings. The number of rotatable bonds is 11. The van der Waals surface area contributed by atoms with Crippen LogP contribution in [0, 0.1) is 0 Å². The van der Waals surface area contributed by atoms with Crippen LogP contribution in [0.3, 0.4) is 0 Å². The van der Waals surface area contributed by atoms with E-state index in [4.69, 9.17) is 14.7 Å². The van der Waals surface area contributed by atoms with Crippen LogP contribution in [0.5, 0.6) is 5.75 Å². The number of ether oxygens (including phenoxy) is 1. The summed E-state index contributed by atoms with van der Waals surface area (Å²) < 4.78 is 7.50. The van der Waals surface area contributed by atoms with Crippen molar-refractivity contribution in [1.82, 2.24) is 25.1 Å². The van der Waals surface area contributed by atoms with Gasteiger partial charge in [0.1, 0.15) is 11.6 Å². The molecule has 1 aliphatic heterocycles. The van der Waals surface area contributed by atoms with Crippen LogP contribution in [0.2, 0.25) is 0 Å². The van der Waals surface area contributed by atoms with Crippen molar-refractivity contribution < 1.29 is 9.53 Å². The van der Waals surface area contributed by atoms with Gasteiger partial charge in [-0.2, -0.15) is 5.10 Å². The molecule has 1 saturated heterocycles. The zero-order valence-electron chi connectivity index (χ0n) is 21.0. The van der Waals surface area contributed by atoms with Gasteiger partial charge in [0.25, 0.3) is 5.91 Å². The average molecular weight is 497 g/mol. The maximum atomic E-state index is 12.3. The molecule has 8 nitrogen and oxygen atoms in total. The van der Waals surface area contributed by atoms with E-state index < -0.39 is 0 Å². The van der Waals surface area contributed by atoms with Crippen molar-refractivity contribution in [2.75, 3.05) is 36.9 Å². The van der Waals surface area contributed by atoms with Crippen molar-refractivity contribution in [1.29, 1.82) is 0 Å². The van der Waals surface area contributed by atoms with Crippen molar-refractivity contribution >= 4 is 34.5 Å². The molecule has 1 N–H and O–H groups in total. The number of nitrogens with zero attached hydrogens (tertiary/aromatic N) is 5. The molecule has 1 fully saturated rings.